The van der Waals surface area contributed by atoms with Gasteiger partial charge in [0.1, 0.15) is 54.4 Å². The molecule has 0 aliphatic carbocycles. The molecule has 0 aromatic carbocycles. The van der Waals surface area contributed by atoms with Gasteiger partial charge in [0.2, 0.25) is 59.1 Å². The number of aliphatic hydroxyl groups is 1. The first-order chi connectivity index (χ1) is 41.6. The Morgan fingerprint density at radius 1 is 0.443 bits per heavy atom. The lowest BCUT2D eigenvalue weighted by Gasteiger charge is -2.28. The zero-order valence-electron chi connectivity index (χ0n) is 50.4. The number of aromatic nitrogens is 2. The van der Waals surface area contributed by atoms with Gasteiger partial charge in [0.05, 0.1) is 12.4 Å². The molecule has 10 amide bonds. The fourth-order valence-corrected chi connectivity index (χ4v) is 8.40. The van der Waals surface area contributed by atoms with Gasteiger partial charge in [-0.15, -0.1) is 0 Å². The number of nitrogens with zero attached hydrogens (tertiary/aromatic N) is 5. The van der Waals surface area contributed by atoms with Crippen molar-refractivity contribution in [3.05, 3.63) is 18.2 Å². The van der Waals surface area contributed by atoms with Crippen molar-refractivity contribution in [2.75, 3.05) is 39.3 Å². The first-order valence-electron chi connectivity index (χ1n) is 28.9. The third kappa shape index (κ3) is 33.0. The third-order valence-corrected chi connectivity index (χ3v) is 13.0. The van der Waals surface area contributed by atoms with Gasteiger partial charge in [-0.2, -0.15) is 0 Å². The second-order valence-electron chi connectivity index (χ2n) is 20.6. The Morgan fingerprint density at radius 3 is 1.05 bits per heavy atom. The minimum absolute atomic E-state index is 0.00997. The summed E-state index contributed by atoms with van der Waals surface area (Å²) in [5.41, 5.74) is 61.4. The van der Waals surface area contributed by atoms with Crippen molar-refractivity contribution in [2.24, 2.45) is 83.0 Å². The van der Waals surface area contributed by atoms with Crippen LogP contribution in [0.1, 0.15) is 116 Å². The van der Waals surface area contributed by atoms with E-state index in [0.29, 0.717) is 25.0 Å². The number of H-pyrrole nitrogens is 1. The van der Waals surface area contributed by atoms with Crippen LogP contribution in [0, 0.1) is 0 Å². The minimum atomic E-state index is -1.54. The molecule has 0 spiro atoms. The molecule has 88 heavy (non-hydrogen) atoms. The average Bonchev–Trinajstić information content (AvgIpc) is 2.40. The number of hydrogen-bond acceptors (Lipinski definition) is 18. The highest BCUT2D eigenvalue weighted by molar-refractivity contribution is 5.98. The largest absolute Gasteiger partial charge is 0.391 e. The zero-order valence-corrected chi connectivity index (χ0v) is 50.4. The minimum Gasteiger partial charge on any atom is -0.391 e. The summed E-state index contributed by atoms with van der Waals surface area (Å²) in [6.45, 7) is 4.36. The molecule has 1 aromatic rings. The predicted molar refractivity (Wildman–Crippen MR) is 327 cm³/mol. The number of carbonyl (C=O) groups excluding carboxylic acids is 10. The van der Waals surface area contributed by atoms with Crippen LogP contribution in [0.5, 0.6) is 0 Å². The van der Waals surface area contributed by atoms with E-state index in [1.165, 1.54) is 33.3 Å². The Kier molecular flexibility index (Phi) is 37.3. The smallest absolute Gasteiger partial charge is 0.243 e. The summed E-state index contributed by atoms with van der Waals surface area (Å²) >= 11 is 0. The summed E-state index contributed by atoms with van der Waals surface area (Å²) in [5.74, 6) is -9.37. The van der Waals surface area contributed by atoms with E-state index < -0.39 is 120 Å². The molecular formula is C51H96N26O11. The second-order valence-corrected chi connectivity index (χ2v) is 20.6. The number of amides is 10. The Labute approximate surface area is 510 Å². The van der Waals surface area contributed by atoms with Crippen LogP contribution < -0.4 is 111 Å². The lowest BCUT2D eigenvalue weighted by atomic mass is 10.0. The number of aromatic amines is 1. The molecule has 0 bridgehead atoms. The topological polar surface area (TPSA) is 664 Å². The number of carbonyl (C=O) groups is 10. The van der Waals surface area contributed by atoms with Crippen molar-refractivity contribution in [2.45, 2.75) is 178 Å². The van der Waals surface area contributed by atoms with Crippen molar-refractivity contribution < 1.29 is 53.1 Å². The van der Waals surface area contributed by atoms with Crippen LogP contribution in [0.3, 0.4) is 0 Å². The number of nitrogens with two attached hydrogens (primary N) is 11. The number of aliphatic imine (C=N–C) groups is 4. The maximum atomic E-state index is 14.6. The monoisotopic (exact) mass is 1250 g/mol. The summed E-state index contributed by atoms with van der Waals surface area (Å²) in [6.07, 6.45) is 2.76. The van der Waals surface area contributed by atoms with E-state index in [0.717, 1.165) is 0 Å². The van der Waals surface area contributed by atoms with Crippen LogP contribution >= 0.6 is 0 Å². The number of primary amides is 1. The van der Waals surface area contributed by atoms with E-state index in [1.807, 2.05) is 0 Å². The SMILES string of the molecule is CC(=O)N[C@@H](CCCN=C(N)N)C(=O)N[C@@H](C)C(=O)N[C@@H](Cc1cnc[nH]1)C(=O)N[C@@H](CCCN=C(N)N)C(=O)N[C@@H](CCCN=C(N)N)C(=O)N[C@@H](CCCCN)C(=O)N[C@@H](CCCCN)C(=O)N[C@@H](CCCN=C(N)N)C(=O)N[C@H](C(N)=O)[C@@H](C)O. The molecule has 0 aliphatic rings. The van der Waals surface area contributed by atoms with Gasteiger partial charge < -0.3 is 121 Å². The molecule has 37 nitrogen and oxygen atoms in total. The molecule has 1 aromatic heterocycles. The summed E-state index contributed by atoms with van der Waals surface area (Å²) in [7, 11) is 0. The fraction of sp³-hybridized carbons (Fsp3) is 0.667. The maximum Gasteiger partial charge on any atom is 0.243 e. The number of hydrogen-bond donors (Lipinski definition) is 22. The van der Waals surface area contributed by atoms with Crippen LogP contribution in [-0.2, 0) is 54.4 Å². The van der Waals surface area contributed by atoms with Crippen molar-refractivity contribution in [1.29, 1.82) is 0 Å². The highest BCUT2D eigenvalue weighted by atomic mass is 16.3. The van der Waals surface area contributed by atoms with Crippen LogP contribution in [-0.4, -0.2) is 198 Å². The first-order valence-corrected chi connectivity index (χ1v) is 28.9. The lowest BCUT2D eigenvalue weighted by Crippen LogP contribution is -2.60. The van der Waals surface area contributed by atoms with Gasteiger partial charge in [-0.3, -0.25) is 67.9 Å². The molecule has 0 radical (unpaired) electrons. The van der Waals surface area contributed by atoms with Crippen molar-refractivity contribution in [3.63, 3.8) is 0 Å². The molecular weight excluding hydrogens is 1150 g/mol. The van der Waals surface area contributed by atoms with E-state index in [4.69, 9.17) is 63.1 Å². The molecule has 0 saturated carbocycles. The summed E-state index contributed by atoms with van der Waals surface area (Å²) in [5, 5.41) is 33.5. The number of nitrogens with one attached hydrogen (secondary N) is 10. The van der Waals surface area contributed by atoms with E-state index >= 15 is 0 Å². The van der Waals surface area contributed by atoms with Gasteiger partial charge in [-0.05, 0) is 117 Å². The Balaban J connectivity index is 3.73. The first kappa shape index (κ1) is 76.9. The van der Waals surface area contributed by atoms with Gasteiger partial charge in [-0.25, -0.2) is 4.98 Å². The summed E-state index contributed by atoms with van der Waals surface area (Å²) in [4.78, 5) is 160. The zero-order chi connectivity index (χ0) is 66.3. The van der Waals surface area contributed by atoms with Crippen molar-refractivity contribution >= 4 is 82.9 Å². The third-order valence-electron chi connectivity index (χ3n) is 13.0. The van der Waals surface area contributed by atoms with E-state index in [2.05, 4.69) is 77.8 Å². The molecule has 10 atom stereocenters. The normalized spacial score (nSPS) is 14.2. The quantitative estimate of drug-likeness (QED) is 0.0164. The lowest BCUT2D eigenvalue weighted by molar-refractivity contribution is -0.136. The van der Waals surface area contributed by atoms with Crippen molar-refractivity contribution in [1.82, 2.24) is 57.8 Å². The van der Waals surface area contributed by atoms with Crippen LogP contribution in [0.4, 0.5) is 0 Å². The van der Waals surface area contributed by atoms with E-state index in [1.54, 1.807) is 0 Å². The molecule has 0 unspecified atom stereocenters. The Hall–Kier alpha value is -9.13. The molecule has 1 rings (SSSR count). The van der Waals surface area contributed by atoms with Gasteiger partial charge in [0, 0.05) is 51.4 Å². The average molecular weight is 1250 g/mol. The number of aliphatic hydroxyl groups excluding tert-OH is 1. The molecule has 1 heterocycles. The number of guanidine groups is 4. The molecule has 0 aliphatic heterocycles. The Bertz CT molecular complexity index is 2500. The Morgan fingerprint density at radius 2 is 0.750 bits per heavy atom. The molecule has 496 valence electrons. The van der Waals surface area contributed by atoms with Crippen molar-refractivity contribution in [3.8, 4) is 0 Å². The number of imidazole rings is 1. The summed E-state index contributed by atoms with van der Waals surface area (Å²) in [6, 6.07) is -12.4. The fourth-order valence-electron chi connectivity index (χ4n) is 8.40. The molecule has 33 N–H and O–H groups in total. The van der Waals surface area contributed by atoms with Gasteiger partial charge >= 0.3 is 0 Å². The number of rotatable bonds is 45. The van der Waals surface area contributed by atoms with Gasteiger partial charge in [0.25, 0.3) is 0 Å². The van der Waals surface area contributed by atoms with E-state index in [9.17, 15) is 53.1 Å². The number of unbranched alkanes of at least 4 members (excludes halogenated alkanes) is 2. The second kappa shape index (κ2) is 42.6. The maximum absolute atomic E-state index is 14.6. The predicted octanol–water partition coefficient (Wildman–Crippen LogP) is -9.31. The van der Waals surface area contributed by atoms with Gasteiger partial charge in [0.15, 0.2) is 23.8 Å². The van der Waals surface area contributed by atoms with Crippen LogP contribution in [0.2, 0.25) is 0 Å². The molecule has 37 heteroatoms. The molecule has 0 saturated heterocycles. The molecule has 0 fully saturated rings. The van der Waals surface area contributed by atoms with Gasteiger partial charge in [-0.1, -0.05) is 0 Å². The van der Waals surface area contributed by atoms with Crippen LogP contribution in [0.15, 0.2) is 32.5 Å². The van der Waals surface area contributed by atoms with Crippen LogP contribution in [0.25, 0.3) is 0 Å². The van der Waals surface area contributed by atoms with E-state index in [-0.39, 0.29) is 140 Å². The highest BCUT2D eigenvalue weighted by Crippen LogP contribution is 2.12. The standard InChI is InChI=1S/C51H96N26O11/c1-27(69-41(82)31(70-29(3)79)14-8-20-64-48(55)56)40(81)76-37(24-30-25-63-26-68-30)47(88)75-35(16-10-22-66-50(59)60)45(86)73-34(15-9-21-65-49(57)58)44(85)72-32(12-4-6-18-52)42(83)71-33(13-5-7-19-53)43(84)74-36(17-11-23-67-51(61)62)46(87)77-38(28(2)78)39(54)80/h25-28,31-38,78H,4-24,52-53H2,1-3H3,(H2,54,80)(H,63,68)(H,69,82)(H,70,79)(H,71,83)(H,72,85)(H,73,86)(H,74,84)(H,75,88)(H,76,81)(H,77,87)(H4,55,56,64)(H4,57,58,65)(H4,59,60,66)(H4,61,62,67)/t27-,28+,31-,32-,33-,34-,35-,36-,37-,38-/m0/s1. The summed E-state index contributed by atoms with van der Waals surface area (Å²) < 4.78 is 0. The highest BCUT2D eigenvalue weighted by Gasteiger charge is 2.35.